The van der Waals surface area contributed by atoms with Gasteiger partial charge in [-0.25, -0.2) is 4.39 Å². The van der Waals surface area contributed by atoms with Crippen LogP contribution in [-0.4, -0.2) is 32.0 Å². The molecule has 0 spiro atoms. The molecule has 26 heavy (non-hydrogen) atoms. The number of nitrogens with one attached hydrogen (secondary N) is 3. The zero-order valence-corrected chi connectivity index (χ0v) is 15.3. The second-order valence-corrected chi connectivity index (χ2v) is 6.58. The second-order valence-electron chi connectivity index (χ2n) is 6.58. The molecule has 0 bridgehead atoms. The first-order valence-corrected chi connectivity index (χ1v) is 8.46. The molecule has 0 aliphatic carbocycles. The number of amides is 1. The Balaban J connectivity index is 1.82. The van der Waals surface area contributed by atoms with Crippen molar-refractivity contribution in [3.05, 3.63) is 66.0 Å². The van der Waals surface area contributed by atoms with E-state index < -0.39 is 0 Å². The minimum atomic E-state index is -0.341. The number of benzene rings is 2. The standard InChI is InChI=1S/C20H25FN4O/c1-20(2,15-7-5-4-6-8-15)14-24-19(22-3)23-13-18(26)25-17-11-9-16(21)10-12-17/h4-12H,13-14H2,1-3H3,(H,25,26)(H2,22,23,24). The van der Waals surface area contributed by atoms with E-state index in [9.17, 15) is 9.18 Å². The van der Waals surface area contributed by atoms with Gasteiger partial charge in [-0.1, -0.05) is 44.2 Å². The van der Waals surface area contributed by atoms with Gasteiger partial charge >= 0.3 is 0 Å². The Morgan fingerprint density at radius 2 is 1.69 bits per heavy atom. The van der Waals surface area contributed by atoms with Crippen molar-refractivity contribution in [1.82, 2.24) is 10.6 Å². The summed E-state index contributed by atoms with van der Waals surface area (Å²) in [5.74, 6) is -0.0307. The van der Waals surface area contributed by atoms with Crippen LogP contribution in [0.25, 0.3) is 0 Å². The third kappa shape index (κ3) is 5.88. The Hall–Kier alpha value is -2.89. The first-order chi connectivity index (χ1) is 12.4. The molecule has 0 fully saturated rings. The summed E-state index contributed by atoms with van der Waals surface area (Å²) in [7, 11) is 1.66. The van der Waals surface area contributed by atoms with E-state index >= 15 is 0 Å². The Bertz CT molecular complexity index is 742. The number of guanidine groups is 1. The molecule has 0 unspecified atom stereocenters. The molecule has 2 rings (SSSR count). The van der Waals surface area contributed by atoms with E-state index in [0.717, 1.165) is 0 Å². The normalized spacial score (nSPS) is 11.8. The van der Waals surface area contributed by atoms with Crippen LogP contribution in [0.3, 0.4) is 0 Å². The highest BCUT2D eigenvalue weighted by Gasteiger charge is 2.20. The van der Waals surface area contributed by atoms with Gasteiger partial charge in [0.25, 0.3) is 0 Å². The number of halogens is 1. The average molecular weight is 356 g/mol. The number of aliphatic imine (C=N–C) groups is 1. The van der Waals surface area contributed by atoms with Crippen molar-refractivity contribution < 1.29 is 9.18 Å². The molecule has 5 nitrogen and oxygen atoms in total. The fraction of sp³-hybridized carbons (Fsp3) is 0.300. The van der Waals surface area contributed by atoms with Gasteiger partial charge in [-0.2, -0.15) is 0 Å². The Labute approximate surface area is 153 Å². The third-order valence-corrected chi connectivity index (χ3v) is 4.02. The molecule has 0 radical (unpaired) electrons. The van der Waals surface area contributed by atoms with Crippen molar-refractivity contribution in [1.29, 1.82) is 0 Å². The Kier molecular flexibility index (Phi) is 6.72. The van der Waals surface area contributed by atoms with Gasteiger partial charge in [0.1, 0.15) is 5.82 Å². The van der Waals surface area contributed by atoms with Gasteiger partial charge in [0, 0.05) is 24.7 Å². The fourth-order valence-corrected chi connectivity index (χ4v) is 2.42. The average Bonchev–Trinajstić information content (AvgIpc) is 2.64. The van der Waals surface area contributed by atoms with Gasteiger partial charge in [0.05, 0.1) is 6.54 Å². The first kappa shape index (κ1) is 19.4. The quantitative estimate of drug-likeness (QED) is 0.551. The Morgan fingerprint density at radius 1 is 1.04 bits per heavy atom. The van der Waals surface area contributed by atoms with Crippen LogP contribution in [0.15, 0.2) is 59.6 Å². The summed E-state index contributed by atoms with van der Waals surface area (Å²) in [4.78, 5) is 16.1. The van der Waals surface area contributed by atoms with Crippen LogP contribution in [0.1, 0.15) is 19.4 Å². The molecule has 2 aromatic carbocycles. The predicted molar refractivity (Wildman–Crippen MR) is 104 cm³/mol. The van der Waals surface area contributed by atoms with Crippen LogP contribution < -0.4 is 16.0 Å². The topological polar surface area (TPSA) is 65.5 Å². The summed E-state index contributed by atoms with van der Waals surface area (Å²) in [6, 6.07) is 15.8. The molecule has 0 aromatic heterocycles. The molecule has 0 atom stereocenters. The maximum absolute atomic E-state index is 12.9. The lowest BCUT2D eigenvalue weighted by molar-refractivity contribution is -0.115. The number of carbonyl (C=O) groups excluding carboxylic acids is 1. The van der Waals surface area contributed by atoms with Gasteiger partial charge in [-0.05, 0) is 29.8 Å². The van der Waals surface area contributed by atoms with Crippen molar-refractivity contribution in [3.8, 4) is 0 Å². The van der Waals surface area contributed by atoms with E-state index in [1.165, 1.54) is 29.8 Å². The summed E-state index contributed by atoms with van der Waals surface area (Å²) < 4.78 is 12.9. The number of carbonyl (C=O) groups is 1. The zero-order valence-electron chi connectivity index (χ0n) is 15.3. The second kappa shape index (κ2) is 8.99. The van der Waals surface area contributed by atoms with Gasteiger partial charge in [-0.15, -0.1) is 0 Å². The van der Waals surface area contributed by atoms with E-state index in [2.05, 4.69) is 46.9 Å². The summed E-state index contributed by atoms with van der Waals surface area (Å²) in [5.41, 5.74) is 1.68. The molecule has 1 amide bonds. The van der Waals surface area contributed by atoms with Crippen LogP contribution in [-0.2, 0) is 10.2 Å². The molecule has 0 aliphatic heterocycles. The van der Waals surface area contributed by atoms with Crippen LogP contribution >= 0.6 is 0 Å². The van der Waals surface area contributed by atoms with Crippen molar-refractivity contribution in [2.24, 2.45) is 4.99 Å². The monoisotopic (exact) mass is 356 g/mol. The van der Waals surface area contributed by atoms with E-state index in [4.69, 9.17) is 0 Å². The van der Waals surface area contributed by atoms with E-state index in [-0.39, 0.29) is 23.7 Å². The predicted octanol–water partition coefficient (Wildman–Crippen LogP) is 2.91. The molecular formula is C20H25FN4O. The summed E-state index contributed by atoms with van der Waals surface area (Å²) in [5, 5.41) is 8.92. The lowest BCUT2D eigenvalue weighted by Gasteiger charge is -2.26. The van der Waals surface area contributed by atoms with Crippen LogP contribution in [0, 0.1) is 5.82 Å². The van der Waals surface area contributed by atoms with Gasteiger partial charge in [0.2, 0.25) is 5.91 Å². The number of nitrogens with zero attached hydrogens (tertiary/aromatic N) is 1. The highest BCUT2D eigenvalue weighted by atomic mass is 19.1. The SMILES string of the molecule is CN=C(NCC(=O)Nc1ccc(F)cc1)NCC(C)(C)c1ccccc1. The van der Waals surface area contributed by atoms with Gasteiger partial charge in [0.15, 0.2) is 5.96 Å². The molecule has 6 heteroatoms. The van der Waals surface area contributed by atoms with Crippen molar-refractivity contribution >= 4 is 17.6 Å². The third-order valence-electron chi connectivity index (χ3n) is 4.02. The Morgan fingerprint density at radius 3 is 2.31 bits per heavy atom. The van der Waals surface area contributed by atoms with E-state index in [1.54, 1.807) is 7.05 Å². The lowest BCUT2D eigenvalue weighted by Crippen LogP contribution is -2.45. The smallest absolute Gasteiger partial charge is 0.243 e. The number of rotatable bonds is 6. The minimum absolute atomic E-state index is 0.0583. The summed E-state index contributed by atoms with van der Waals surface area (Å²) >= 11 is 0. The molecule has 0 saturated heterocycles. The number of hydrogen-bond acceptors (Lipinski definition) is 2. The molecule has 0 heterocycles. The van der Waals surface area contributed by atoms with Crippen molar-refractivity contribution in [3.63, 3.8) is 0 Å². The molecule has 3 N–H and O–H groups in total. The first-order valence-electron chi connectivity index (χ1n) is 8.46. The number of hydrogen-bond donors (Lipinski definition) is 3. The van der Waals surface area contributed by atoms with Gasteiger partial charge in [-0.3, -0.25) is 9.79 Å². The van der Waals surface area contributed by atoms with Crippen molar-refractivity contribution in [2.75, 3.05) is 25.5 Å². The van der Waals surface area contributed by atoms with Crippen LogP contribution in [0.2, 0.25) is 0 Å². The highest BCUT2D eigenvalue weighted by Crippen LogP contribution is 2.21. The van der Waals surface area contributed by atoms with Crippen LogP contribution in [0.4, 0.5) is 10.1 Å². The maximum atomic E-state index is 12.9. The highest BCUT2D eigenvalue weighted by molar-refractivity contribution is 5.94. The minimum Gasteiger partial charge on any atom is -0.356 e. The van der Waals surface area contributed by atoms with Crippen molar-refractivity contribution in [2.45, 2.75) is 19.3 Å². The number of anilines is 1. The van der Waals surface area contributed by atoms with E-state index in [0.29, 0.717) is 18.2 Å². The van der Waals surface area contributed by atoms with Gasteiger partial charge < -0.3 is 16.0 Å². The maximum Gasteiger partial charge on any atom is 0.243 e. The largest absolute Gasteiger partial charge is 0.356 e. The molecule has 0 aliphatic rings. The van der Waals surface area contributed by atoms with Crippen LogP contribution in [0.5, 0.6) is 0 Å². The summed E-state index contributed by atoms with van der Waals surface area (Å²) in [6.07, 6.45) is 0. The molecule has 138 valence electrons. The molecular weight excluding hydrogens is 331 g/mol. The molecule has 2 aromatic rings. The zero-order chi connectivity index (χ0) is 19.0. The summed E-state index contributed by atoms with van der Waals surface area (Å²) in [6.45, 7) is 5.01. The lowest BCUT2D eigenvalue weighted by atomic mass is 9.85. The molecule has 0 saturated carbocycles. The van der Waals surface area contributed by atoms with E-state index in [1.807, 2.05) is 18.2 Å². The fourth-order valence-electron chi connectivity index (χ4n) is 2.42.